The van der Waals surface area contributed by atoms with Crippen LogP contribution >= 0.6 is 0 Å². The summed E-state index contributed by atoms with van der Waals surface area (Å²) in [6, 6.07) is 18.7. The maximum absolute atomic E-state index is 12.8. The maximum atomic E-state index is 12.8. The second-order valence-electron chi connectivity index (χ2n) is 6.70. The van der Waals surface area contributed by atoms with E-state index in [1.165, 1.54) is 11.3 Å². The number of carbonyl (C=O) groups excluding carboxylic acids is 1. The van der Waals surface area contributed by atoms with Crippen molar-refractivity contribution in [1.82, 2.24) is 9.55 Å². The molecule has 122 valence electrons. The Hall–Kier alpha value is -2.94. The molecule has 2 heterocycles. The fourth-order valence-electron chi connectivity index (χ4n) is 4.10. The van der Waals surface area contributed by atoms with Crippen LogP contribution in [0.5, 0.6) is 0 Å². The fourth-order valence-corrected chi connectivity index (χ4v) is 4.10. The number of aromatic nitrogens is 2. The Balaban J connectivity index is 1.85. The van der Waals surface area contributed by atoms with E-state index in [1.54, 1.807) is 0 Å². The number of pyridine rings is 1. The molecule has 2 aromatic heterocycles. The number of hydrogen-bond donors (Lipinski definition) is 0. The van der Waals surface area contributed by atoms with Crippen molar-refractivity contribution in [2.45, 2.75) is 25.8 Å². The molecule has 0 atom stereocenters. The Morgan fingerprint density at radius 3 is 2.72 bits per heavy atom. The molecular formula is C22H18N2O. The first-order chi connectivity index (χ1) is 12.3. The number of carbonyl (C=O) groups is 1. The van der Waals surface area contributed by atoms with Crippen molar-refractivity contribution in [3.05, 3.63) is 77.6 Å². The summed E-state index contributed by atoms with van der Waals surface area (Å²) >= 11 is 0. The van der Waals surface area contributed by atoms with Gasteiger partial charge in [-0.15, -0.1) is 0 Å². The monoisotopic (exact) mass is 326 g/mol. The van der Waals surface area contributed by atoms with Gasteiger partial charge in [-0.3, -0.25) is 9.78 Å². The third kappa shape index (κ3) is 2.19. The number of benzene rings is 2. The van der Waals surface area contributed by atoms with Crippen molar-refractivity contribution in [2.75, 3.05) is 0 Å². The van der Waals surface area contributed by atoms with Crippen LogP contribution in [0.3, 0.4) is 0 Å². The lowest BCUT2D eigenvalue weighted by Gasteiger charge is -2.15. The Labute approximate surface area is 145 Å². The zero-order chi connectivity index (χ0) is 16.8. The van der Waals surface area contributed by atoms with E-state index in [9.17, 15) is 4.79 Å². The van der Waals surface area contributed by atoms with Crippen LogP contribution in [-0.2, 0) is 13.0 Å². The summed E-state index contributed by atoms with van der Waals surface area (Å²) in [5.41, 5.74) is 5.46. The first kappa shape index (κ1) is 14.4. The van der Waals surface area contributed by atoms with Gasteiger partial charge in [-0.25, -0.2) is 0 Å². The molecule has 0 spiro atoms. The van der Waals surface area contributed by atoms with Crippen LogP contribution in [0.4, 0.5) is 0 Å². The average molecular weight is 326 g/mol. The first-order valence-electron chi connectivity index (χ1n) is 8.79. The number of nitrogens with zero attached hydrogens (tertiary/aromatic N) is 2. The van der Waals surface area contributed by atoms with Crippen LogP contribution in [-0.4, -0.2) is 15.3 Å². The minimum absolute atomic E-state index is 0.273. The number of ketones is 1. The molecule has 0 fully saturated rings. The molecule has 0 saturated carbocycles. The van der Waals surface area contributed by atoms with Gasteiger partial charge in [-0.2, -0.15) is 0 Å². The lowest BCUT2D eigenvalue weighted by molar-refractivity contribution is 0.0973. The van der Waals surface area contributed by atoms with E-state index in [0.29, 0.717) is 6.42 Å². The minimum atomic E-state index is 0.273. The molecule has 0 unspecified atom stereocenters. The molecule has 25 heavy (non-hydrogen) atoms. The third-order valence-corrected chi connectivity index (χ3v) is 5.20. The summed E-state index contributed by atoms with van der Waals surface area (Å²) in [7, 11) is 0. The lowest BCUT2D eigenvalue weighted by Crippen LogP contribution is -2.13. The van der Waals surface area contributed by atoms with Crippen LogP contribution in [0.2, 0.25) is 0 Å². The molecule has 0 amide bonds. The normalized spacial score (nSPS) is 14.2. The quantitative estimate of drug-likeness (QED) is 0.532. The summed E-state index contributed by atoms with van der Waals surface area (Å²) in [4.78, 5) is 17.3. The van der Waals surface area contributed by atoms with E-state index >= 15 is 0 Å². The number of rotatable bonds is 2. The molecule has 4 aromatic rings. The van der Waals surface area contributed by atoms with E-state index in [1.807, 2.05) is 18.3 Å². The van der Waals surface area contributed by atoms with Gasteiger partial charge in [-0.1, -0.05) is 36.4 Å². The molecule has 3 heteroatoms. The molecule has 1 aliphatic rings. The minimum Gasteiger partial charge on any atom is -0.339 e. The highest BCUT2D eigenvalue weighted by Gasteiger charge is 2.27. The van der Waals surface area contributed by atoms with Crippen LogP contribution in [0.15, 0.2) is 60.8 Å². The van der Waals surface area contributed by atoms with E-state index in [0.717, 1.165) is 46.8 Å². The summed E-state index contributed by atoms with van der Waals surface area (Å²) in [5, 5.41) is 2.17. The van der Waals surface area contributed by atoms with Gasteiger partial charge in [0, 0.05) is 41.2 Å². The van der Waals surface area contributed by atoms with Gasteiger partial charge in [0.25, 0.3) is 0 Å². The predicted molar refractivity (Wildman–Crippen MR) is 100 cm³/mol. The highest BCUT2D eigenvalue weighted by molar-refractivity contribution is 6.18. The topological polar surface area (TPSA) is 34.9 Å². The zero-order valence-electron chi connectivity index (χ0n) is 13.9. The SMILES string of the molecule is O=C1CCCc2c1c1c3cccnc3ccc1n2Cc1ccccc1. The van der Waals surface area contributed by atoms with E-state index in [2.05, 4.69) is 52.0 Å². The summed E-state index contributed by atoms with van der Waals surface area (Å²) in [6.07, 6.45) is 4.36. The predicted octanol–water partition coefficient (Wildman–Crippen LogP) is 4.76. The Kier molecular flexibility index (Phi) is 3.20. The van der Waals surface area contributed by atoms with Crippen molar-refractivity contribution in [2.24, 2.45) is 0 Å². The summed E-state index contributed by atoms with van der Waals surface area (Å²) in [5.74, 6) is 0.273. The second-order valence-corrected chi connectivity index (χ2v) is 6.70. The van der Waals surface area contributed by atoms with Crippen molar-refractivity contribution in [3.63, 3.8) is 0 Å². The second kappa shape index (κ2) is 5.55. The summed E-state index contributed by atoms with van der Waals surface area (Å²) in [6.45, 7) is 0.797. The van der Waals surface area contributed by atoms with Gasteiger partial charge >= 0.3 is 0 Å². The Morgan fingerprint density at radius 1 is 0.960 bits per heavy atom. The van der Waals surface area contributed by atoms with E-state index in [-0.39, 0.29) is 5.78 Å². The van der Waals surface area contributed by atoms with Crippen molar-refractivity contribution < 1.29 is 4.79 Å². The standard InChI is InChI=1S/C22H18N2O/c25-20-10-4-9-18-22(20)21-16-8-5-13-23-17(16)11-12-19(21)24(18)14-15-6-2-1-3-7-15/h1-3,5-8,11-13H,4,9-10,14H2. The van der Waals surface area contributed by atoms with Gasteiger partial charge in [-0.05, 0) is 36.6 Å². The van der Waals surface area contributed by atoms with Crippen LogP contribution in [0.25, 0.3) is 21.8 Å². The van der Waals surface area contributed by atoms with Gasteiger partial charge in [0.2, 0.25) is 0 Å². The van der Waals surface area contributed by atoms with Crippen molar-refractivity contribution in [3.8, 4) is 0 Å². The van der Waals surface area contributed by atoms with Gasteiger partial charge in [0.1, 0.15) is 0 Å². The van der Waals surface area contributed by atoms with Crippen LogP contribution in [0.1, 0.15) is 34.5 Å². The van der Waals surface area contributed by atoms with E-state index < -0.39 is 0 Å². The number of Topliss-reactive ketones (excluding diaryl/α,β-unsaturated/α-hetero) is 1. The molecule has 1 aliphatic carbocycles. The highest BCUT2D eigenvalue weighted by Crippen LogP contribution is 2.36. The molecule has 0 bridgehead atoms. The largest absolute Gasteiger partial charge is 0.339 e. The molecule has 0 saturated heterocycles. The molecule has 0 aliphatic heterocycles. The molecule has 0 radical (unpaired) electrons. The molecule has 2 aromatic carbocycles. The number of hydrogen-bond acceptors (Lipinski definition) is 2. The molecular weight excluding hydrogens is 308 g/mol. The third-order valence-electron chi connectivity index (χ3n) is 5.20. The average Bonchev–Trinajstić information content (AvgIpc) is 2.98. The van der Waals surface area contributed by atoms with Crippen LogP contribution in [0, 0.1) is 0 Å². The Bertz CT molecular complexity index is 1110. The molecule has 5 rings (SSSR count). The van der Waals surface area contributed by atoms with Gasteiger partial charge in [0.15, 0.2) is 5.78 Å². The lowest BCUT2D eigenvalue weighted by atomic mass is 9.93. The molecule has 3 nitrogen and oxygen atoms in total. The van der Waals surface area contributed by atoms with Crippen molar-refractivity contribution in [1.29, 1.82) is 0 Å². The van der Waals surface area contributed by atoms with Gasteiger partial charge in [0.05, 0.1) is 11.0 Å². The van der Waals surface area contributed by atoms with Crippen molar-refractivity contribution >= 4 is 27.6 Å². The number of fused-ring (bicyclic) bond motifs is 5. The zero-order valence-corrected chi connectivity index (χ0v) is 13.9. The summed E-state index contributed by atoms with van der Waals surface area (Å²) < 4.78 is 2.34. The Morgan fingerprint density at radius 2 is 1.84 bits per heavy atom. The van der Waals surface area contributed by atoms with E-state index in [4.69, 9.17) is 0 Å². The van der Waals surface area contributed by atoms with Gasteiger partial charge < -0.3 is 4.57 Å². The fraction of sp³-hybridized carbons (Fsp3) is 0.182. The van der Waals surface area contributed by atoms with Crippen LogP contribution < -0.4 is 0 Å². The smallest absolute Gasteiger partial charge is 0.165 e. The molecule has 0 N–H and O–H groups in total. The first-order valence-corrected chi connectivity index (χ1v) is 8.79. The maximum Gasteiger partial charge on any atom is 0.165 e. The highest BCUT2D eigenvalue weighted by atomic mass is 16.1.